The van der Waals surface area contributed by atoms with E-state index in [1.165, 1.54) is 49.6 Å². The van der Waals surface area contributed by atoms with E-state index in [9.17, 15) is 42.3 Å². The van der Waals surface area contributed by atoms with E-state index in [0.29, 0.717) is 24.2 Å². The number of hydrogen-bond acceptors (Lipinski definition) is 9. The van der Waals surface area contributed by atoms with Crippen LogP contribution in [0.25, 0.3) is 0 Å². The Balaban J connectivity index is 1.01. The fraction of sp³-hybridized carbons (Fsp3) is 0.486. The minimum absolute atomic E-state index is 0.000124. The number of benzene rings is 2. The zero-order valence-electron chi connectivity index (χ0n) is 30.7. The Morgan fingerprint density at radius 1 is 0.875 bits per heavy atom. The van der Waals surface area contributed by atoms with Crippen LogP contribution in [-0.4, -0.2) is 97.6 Å². The molecule has 5 fully saturated rings. The van der Waals surface area contributed by atoms with Crippen molar-refractivity contribution in [2.24, 2.45) is 39.6 Å². The number of guanidine groups is 1. The van der Waals surface area contributed by atoms with Crippen molar-refractivity contribution < 1.29 is 42.3 Å². The molecule has 2 aromatic rings. The van der Waals surface area contributed by atoms with Crippen molar-refractivity contribution in [2.75, 3.05) is 31.5 Å². The Bertz CT molecular complexity index is 1990. The van der Waals surface area contributed by atoms with Gasteiger partial charge in [0, 0.05) is 29.8 Å². The summed E-state index contributed by atoms with van der Waals surface area (Å²) < 4.78 is 27.4. The number of carboxylic acid groups (broad SMARTS) is 1. The third-order valence-electron chi connectivity index (χ3n) is 11.0. The fourth-order valence-electron chi connectivity index (χ4n) is 9.00. The number of nitrogens with one attached hydrogen (secondary N) is 5. The second-order valence-electron chi connectivity index (χ2n) is 15.2. The van der Waals surface area contributed by atoms with Gasteiger partial charge in [0.25, 0.3) is 5.91 Å². The Hall–Kier alpha value is -5.56. The maximum absolute atomic E-state index is 13.3. The lowest BCUT2D eigenvalue weighted by Gasteiger charge is -2.55. The van der Waals surface area contributed by atoms with Gasteiger partial charge in [0.2, 0.25) is 33.7 Å². The quantitative estimate of drug-likeness (QED) is 0.0886. The Labute approximate surface area is 323 Å². The maximum Gasteiger partial charge on any atom is 0.328 e. The van der Waals surface area contributed by atoms with Crippen LogP contribution in [-0.2, 0) is 34.0 Å². The molecule has 4 bridgehead atoms. The number of rotatable bonds is 15. The molecular weight excluding hydrogens is 747 g/mol. The Kier molecular flexibility index (Phi) is 11.9. The number of aliphatic carboxylic acids is 1. The second kappa shape index (κ2) is 16.7. The van der Waals surface area contributed by atoms with Crippen molar-refractivity contribution in [1.29, 1.82) is 0 Å². The molecule has 0 radical (unpaired) electrons. The number of sulfonamides is 1. The number of anilines is 1. The van der Waals surface area contributed by atoms with Gasteiger partial charge in [0.15, 0.2) is 5.96 Å². The van der Waals surface area contributed by atoms with Gasteiger partial charge in [-0.1, -0.05) is 18.2 Å². The molecule has 0 unspecified atom stereocenters. The van der Waals surface area contributed by atoms with Crippen molar-refractivity contribution in [1.82, 2.24) is 25.6 Å². The number of nitrogens with two attached hydrogens (primary N) is 2. The molecule has 0 aromatic heterocycles. The predicted molar refractivity (Wildman–Crippen MR) is 202 cm³/mol. The van der Waals surface area contributed by atoms with Gasteiger partial charge in [-0.25, -0.2) is 18.2 Å². The molecule has 56 heavy (non-hydrogen) atoms. The van der Waals surface area contributed by atoms with Crippen LogP contribution in [0.2, 0.25) is 0 Å². The molecule has 18 nitrogen and oxygen atoms in total. The summed E-state index contributed by atoms with van der Waals surface area (Å²) in [6.45, 7) is -1.37. The highest BCUT2D eigenvalue weighted by molar-refractivity contribution is 7.89. The van der Waals surface area contributed by atoms with Gasteiger partial charge in [-0.15, -0.1) is 0 Å². The van der Waals surface area contributed by atoms with Gasteiger partial charge >= 0.3 is 5.97 Å². The highest BCUT2D eigenvalue weighted by Gasteiger charge is 2.54. The van der Waals surface area contributed by atoms with Crippen molar-refractivity contribution in [3.8, 4) is 0 Å². The van der Waals surface area contributed by atoms with Gasteiger partial charge in [-0.2, -0.15) is 4.31 Å². The summed E-state index contributed by atoms with van der Waals surface area (Å²) in [6, 6.07) is 8.88. The first-order chi connectivity index (χ1) is 26.6. The zero-order valence-corrected chi connectivity index (χ0v) is 31.5. The average Bonchev–Trinajstić information content (AvgIpc) is 3.65. The molecule has 1 saturated heterocycles. The van der Waals surface area contributed by atoms with E-state index < -0.39 is 70.2 Å². The minimum Gasteiger partial charge on any atom is -0.480 e. The van der Waals surface area contributed by atoms with Gasteiger partial charge in [0.05, 0.1) is 23.7 Å². The number of carboxylic acids is 1. The summed E-state index contributed by atoms with van der Waals surface area (Å²) in [5.74, 6) is -3.13. The number of hydrogen-bond donors (Lipinski definition) is 8. The summed E-state index contributed by atoms with van der Waals surface area (Å²) in [5, 5.41) is 22.3. The minimum atomic E-state index is -4.02. The monoisotopic (exact) mass is 793 g/mol. The molecule has 1 aliphatic heterocycles. The second-order valence-corrected chi connectivity index (χ2v) is 17.1. The van der Waals surface area contributed by atoms with Crippen LogP contribution < -0.4 is 38.1 Å². The van der Waals surface area contributed by atoms with E-state index in [2.05, 4.69) is 31.6 Å². The first-order valence-corrected chi connectivity index (χ1v) is 20.0. The first kappa shape index (κ1) is 40.1. The number of amides is 5. The SMILES string of the molecule is NC(N)=Nc1cc(NC(=O)CNC(=O)C23CC4CC(CC(C4)C2)C3)cc(C(=O)NCC(=O)NC[C@H](NC(=O)[C@@H]2CCCN2S(=O)(=O)c2ccccc2)C(=O)O)c1. The lowest BCUT2D eigenvalue weighted by molar-refractivity contribution is -0.146. The molecule has 4 aliphatic carbocycles. The molecule has 2 aromatic carbocycles. The van der Waals surface area contributed by atoms with Crippen LogP contribution >= 0.6 is 0 Å². The number of carbonyl (C=O) groups excluding carboxylic acids is 5. The van der Waals surface area contributed by atoms with Crippen molar-refractivity contribution in [2.45, 2.75) is 68.3 Å². The largest absolute Gasteiger partial charge is 0.480 e. The molecule has 1 heterocycles. The van der Waals surface area contributed by atoms with E-state index in [1.54, 1.807) is 18.2 Å². The summed E-state index contributed by atoms with van der Waals surface area (Å²) in [4.78, 5) is 81.1. The number of aliphatic imine (C=N–C) groups is 1. The molecule has 7 rings (SSSR count). The predicted octanol–water partition coefficient (Wildman–Crippen LogP) is 0.131. The topological polar surface area (TPSA) is 285 Å². The van der Waals surface area contributed by atoms with E-state index >= 15 is 0 Å². The standard InChI is InChI=1S/C37H47N9O9S/c38-36(39)44-26-13-24(12-25(14-26)43-31(48)20-42-35(53)37-15-21-9-22(16-37)11-23(10-21)17-37)32(49)41-19-30(47)40-18-28(34(51)52)45-33(50)29-7-4-8-46(29)56(54,55)27-5-2-1-3-6-27/h1-3,5-6,12-14,21-23,28-29H,4,7-11,15-20H2,(H,40,47)(H,41,49)(H,42,53)(H,43,48)(H,45,50)(H,51,52)(H4,38,39,44)/t21?,22?,23?,28-,29-,37?/m0/s1. The molecule has 5 amide bonds. The van der Waals surface area contributed by atoms with Crippen LogP contribution in [0.4, 0.5) is 11.4 Å². The summed E-state index contributed by atoms with van der Waals surface area (Å²) in [7, 11) is -4.02. The smallest absolute Gasteiger partial charge is 0.328 e. The van der Waals surface area contributed by atoms with E-state index in [-0.39, 0.29) is 53.2 Å². The van der Waals surface area contributed by atoms with Crippen LogP contribution in [0.3, 0.4) is 0 Å². The van der Waals surface area contributed by atoms with Crippen LogP contribution in [0.1, 0.15) is 61.7 Å². The molecule has 5 aliphatic rings. The van der Waals surface area contributed by atoms with E-state index in [0.717, 1.165) is 23.6 Å². The molecule has 300 valence electrons. The number of carbonyl (C=O) groups is 6. The highest BCUT2D eigenvalue weighted by atomic mass is 32.2. The van der Waals surface area contributed by atoms with Gasteiger partial charge in [0.1, 0.15) is 12.1 Å². The highest BCUT2D eigenvalue weighted by Crippen LogP contribution is 2.60. The summed E-state index contributed by atoms with van der Waals surface area (Å²) in [5.41, 5.74) is 10.9. The van der Waals surface area contributed by atoms with Crippen LogP contribution in [0.5, 0.6) is 0 Å². The third kappa shape index (κ3) is 9.27. The molecule has 19 heteroatoms. The lowest BCUT2D eigenvalue weighted by atomic mass is 9.49. The van der Waals surface area contributed by atoms with Crippen LogP contribution in [0, 0.1) is 23.2 Å². The maximum atomic E-state index is 13.3. The zero-order chi connectivity index (χ0) is 40.2. The van der Waals surface area contributed by atoms with Gasteiger partial charge in [-0.05, 0) is 99.5 Å². The van der Waals surface area contributed by atoms with Gasteiger partial charge < -0.3 is 43.2 Å². The normalized spacial score (nSPS) is 24.4. The Morgan fingerprint density at radius 3 is 2.14 bits per heavy atom. The third-order valence-corrected chi connectivity index (χ3v) is 13.0. The van der Waals surface area contributed by atoms with Crippen molar-refractivity contribution in [3.05, 3.63) is 54.1 Å². The lowest BCUT2D eigenvalue weighted by Crippen LogP contribution is -2.54. The first-order valence-electron chi connectivity index (χ1n) is 18.6. The number of nitrogens with zero attached hydrogens (tertiary/aromatic N) is 2. The fourth-order valence-corrected chi connectivity index (χ4v) is 10.7. The molecular formula is C37H47N9O9S. The average molecular weight is 794 g/mol. The van der Waals surface area contributed by atoms with Crippen molar-refractivity contribution in [3.63, 3.8) is 0 Å². The van der Waals surface area contributed by atoms with Crippen molar-refractivity contribution >= 4 is 62.9 Å². The van der Waals surface area contributed by atoms with Gasteiger partial charge in [-0.3, -0.25) is 24.0 Å². The molecule has 10 N–H and O–H groups in total. The molecule has 0 spiro atoms. The Morgan fingerprint density at radius 2 is 1.52 bits per heavy atom. The molecule has 4 saturated carbocycles. The summed E-state index contributed by atoms with van der Waals surface area (Å²) >= 11 is 0. The van der Waals surface area contributed by atoms with Crippen LogP contribution in [0.15, 0.2) is 58.4 Å². The molecule has 2 atom stereocenters. The van der Waals surface area contributed by atoms with E-state index in [1.807, 2.05) is 0 Å². The summed E-state index contributed by atoms with van der Waals surface area (Å²) in [6.07, 6.45) is 6.65. The van der Waals surface area contributed by atoms with E-state index in [4.69, 9.17) is 11.5 Å².